The fraction of sp³-hybridized carbons (Fsp3) is 0.143. The highest BCUT2D eigenvalue weighted by atomic mass is 35.5. The molecule has 0 bridgehead atoms. The maximum atomic E-state index is 12.9. The lowest BCUT2D eigenvalue weighted by molar-refractivity contribution is -0.120. The minimum Gasteiger partial charge on any atom is -0.462 e. The Morgan fingerprint density at radius 3 is 2.26 bits per heavy atom. The van der Waals surface area contributed by atoms with Gasteiger partial charge in [-0.1, -0.05) is 42.6 Å². The Morgan fingerprint density at radius 1 is 0.868 bits per heavy atom. The molecule has 8 nitrogen and oxygen atoms in total. The third-order valence-electron chi connectivity index (χ3n) is 5.62. The van der Waals surface area contributed by atoms with E-state index >= 15 is 0 Å². The summed E-state index contributed by atoms with van der Waals surface area (Å²) in [6, 6.07) is 19.0. The molecule has 0 radical (unpaired) electrons. The van der Waals surface area contributed by atoms with Gasteiger partial charge in [0, 0.05) is 22.0 Å². The van der Waals surface area contributed by atoms with Crippen LogP contribution in [0.15, 0.2) is 83.5 Å². The Labute approximate surface area is 229 Å². The van der Waals surface area contributed by atoms with Crippen molar-refractivity contribution in [2.45, 2.75) is 19.8 Å². The molecule has 0 spiro atoms. The van der Waals surface area contributed by atoms with Gasteiger partial charge in [-0.2, -0.15) is 0 Å². The van der Waals surface area contributed by atoms with E-state index in [1.807, 2.05) is 6.92 Å². The second-order valence-corrected chi connectivity index (χ2v) is 9.15. The number of benzene rings is 3. The number of halogens is 2. The minimum atomic E-state index is -0.658. The molecule has 0 saturated carbocycles. The first-order valence-corrected chi connectivity index (χ1v) is 12.5. The first kappa shape index (κ1) is 26.9. The van der Waals surface area contributed by atoms with Gasteiger partial charge in [-0.05, 0) is 73.2 Å². The summed E-state index contributed by atoms with van der Waals surface area (Å²) in [5.74, 6) is -2.12. The second-order valence-electron chi connectivity index (χ2n) is 8.34. The SMILES string of the molecule is CCCCOC(=O)c1cccc(NC(=O)c2ccc(NC3=C(Cl)C(=O)N(c4ccc(Cl)cc4)C3=O)cc2)c1. The van der Waals surface area contributed by atoms with Gasteiger partial charge in [-0.25, -0.2) is 9.69 Å². The Kier molecular flexibility index (Phi) is 8.45. The molecule has 194 valence electrons. The van der Waals surface area contributed by atoms with Crippen molar-refractivity contribution in [1.82, 2.24) is 0 Å². The van der Waals surface area contributed by atoms with E-state index in [1.165, 1.54) is 0 Å². The van der Waals surface area contributed by atoms with Crippen LogP contribution < -0.4 is 15.5 Å². The van der Waals surface area contributed by atoms with E-state index in [-0.39, 0.29) is 10.7 Å². The Morgan fingerprint density at radius 2 is 1.58 bits per heavy atom. The van der Waals surface area contributed by atoms with Crippen molar-refractivity contribution >= 4 is 64.0 Å². The zero-order valence-corrected chi connectivity index (χ0v) is 21.8. The minimum absolute atomic E-state index is 0.0774. The van der Waals surface area contributed by atoms with E-state index in [0.717, 1.165) is 17.7 Å². The molecule has 0 aliphatic carbocycles. The number of unbranched alkanes of at least 4 members (excludes halogenated alkanes) is 1. The number of imide groups is 1. The van der Waals surface area contributed by atoms with Gasteiger partial charge in [0.15, 0.2) is 0 Å². The second kappa shape index (κ2) is 11.9. The topological polar surface area (TPSA) is 105 Å². The summed E-state index contributed by atoms with van der Waals surface area (Å²) in [5.41, 5.74) is 1.83. The molecule has 0 saturated heterocycles. The van der Waals surface area contributed by atoms with Crippen molar-refractivity contribution in [2.24, 2.45) is 0 Å². The average molecular weight is 552 g/mol. The lowest BCUT2D eigenvalue weighted by Crippen LogP contribution is -2.32. The number of anilines is 3. The summed E-state index contributed by atoms with van der Waals surface area (Å²) in [6.07, 6.45) is 1.69. The van der Waals surface area contributed by atoms with Gasteiger partial charge in [0.1, 0.15) is 10.7 Å². The van der Waals surface area contributed by atoms with E-state index in [4.69, 9.17) is 27.9 Å². The monoisotopic (exact) mass is 551 g/mol. The van der Waals surface area contributed by atoms with Crippen LogP contribution in [0.3, 0.4) is 0 Å². The molecule has 0 aromatic heterocycles. The summed E-state index contributed by atoms with van der Waals surface area (Å²) < 4.78 is 5.21. The average Bonchev–Trinajstić information content (AvgIpc) is 3.12. The first-order chi connectivity index (χ1) is 18.3. The molecule has 1 heterocycles. The summed E-state index contributed by atoms with van der Waals surface area (Å²) in [4.78, 5) is 51.4. The smallest absolute Gasteiger partial charge is 0.338 e. The number of nitrogens with zero attached hydrogens (tertiary/aromatic N) is 1. The molecule has 3 aromatic rings. The van der Waals surface area contributed by atoms with Crippen LogP contribution in [0.1, 0.15) is 40.5 Å². The van der Waals surface area contributed by atoms with Gasteiger partial charge >= 0.3 is 5.97 Å². The van der Waals surface area contributed by atoms with E-state index in [2.05, 4.69) is 10.6 Å². The van der Waals surface area contributed by atoms with Crippen molar-refractivity contribution in [2.75, 3.05) is 22.1 Å². The molecule has 0 fully saturated rings. The lowest BCUT2D eigenvalue weighted by atomic mass is 10.1. The molecule has 4 rings (SSSR count). The van der Waals surface area contributed by atoms with Crippen LogP contribution in [-0.2, 0) is 14.3 Å². The van der Waals surface area contributed by atoms with Crippen LogP contribution >= 0.6 is 23.2 Å². The van der Waals surface area contributed by atoms with Crippen LogP contribution in [0.4, 0.5) is 17.1 Å². The highest BCUT2D eigenvalue weighted by molar-refractivity contribution is 6.53. The summed E-state index contributed by atoms with van der Waals surface area (Å²) in [5, 5.41) is 5.83. The van der Waals surface area contributed by atoms with E-state index in [9.17, 15) is 19.2 Å². The lowest BCUT2D eigenvalue weighted by Gasteiger charge is -2.15. The Hall–Kier alpha value is -4.14. The van der Waals surface area contributed by atoms with Crippen molar-refractivity contribution in [1.29, 1.82) is 0 Å². The van der Waals surface area contributed by atoms with E-state index in [0.29, 0.717) is 39.8 Å². The predicted molar refractivity (Wildman–Crippen MR) is 146 cm³/mol. The van der Waals surface area contributed by atoms with Crippen LogP contribution in [0.25, 0.3) is 0 Å². The summed E-state index contributed by atoms with van der Waals surface area (Å²) >= 11 is 12.1. The number of hydrogen-bond acceptors (Lipinski definition) is 6. The standard InChI is InChI=1S/C28H23Cl2N3O5/c1-2-3-15-38-28(37)18-5-4-6-21(16-18)32-25(34)17-7-11-20(12-8-17)31-24-23(30)26(35)33(27(24)36)22-13-9-19(29)10-14-22/h4-14,16,31H,2-3,15H2,1H3,(H,32,34). The molecule has 0 atom stereocenters. The Bertz CT molecular complexity index is 1420. The normalized spacial score (nSPS) is 13.1. The fourth-order valence-corrected chi connectivity index (χ4v) is 3.94. The maximum absolute atomic E-state index is 12.9. The van der Waals surface area contributed by atoms with Crippen LogP contribution in [-0.4, -0.2) is 30.3 Å². The van der Waals surface area contributed by atoms with Crippen LogP contribution in [0, 0.1) is 0 Å². The Balaban J connectivity index is 1.41. The van der Waals surface area contributed by atoms with Gasteiger partial charge in [0.25, 0.3) is 17.7 Å². The number of esters is 1. The summed E-state index contributed by atoms with van der Waals surface area (Å²) in [6.45, 7) is 2.35. The van der Waals surface area contributed by atoms with Crippen molar-refractivity contribution in [3.05, 3.63) is 99.7 Å². The molecular weight excluding hydrogens is 529 g/mol. The zero-order chi connectivity index (χ0) is 27.2. The highest BCUT2D eigenvalue weighted by Crippen LogP contribution is 2.30. The van der Waals surface area contributed by atoms with Crippen molar-refractivity contribution < 1.29 is 23.9 Å². The molecule has 10 heteroatoms. The van der Waals surface area contributed by atoms with E-state index in [1.54, 1.807) is 72.8 Å². The predicted octanol–water partition coefficient (Wildman–Crippen LogP) is 5.98. The van der Waals surface area contributed by atoms with Gasteiger partial charge in [-0.3, -0.25) is 14.4 Å². The molecule has 3 amide bonds. The van der Waals surface area contributed by atoms with E-state index < -0.39 is 23.7 Å². The largest absolute Gasteiger partial charge is 0.462 e. The molecule has 38 heavy (non-hydrogen) atoms. The van der Waals surface area contributed by atoms with Gasteiger partial charge in [0.2, 0.25) is 0 Å². The highest BCUT2D eigenvalue weighted by Gasteiger charge is 2.38. The molecular formula is C28H23Cl2N3O5. The number of hydrogen-bond donors (Lipinski definition) is 2. The molecule has 3 aromatic carbocycles. The number of nitrogens with one attached hydrogen (secondary N) is 2. The first-order valence-electron chi connectivity index (χ1n) is 11.8. The number of ether oxygens (including phenoxy) is 1. The third kappa shape index (κ3) is 6.04. The third-order valence-corrected chi connectivity index (χ3v) is 6.22. The van der Waals surface area contributed by atoms with Gasteiger partial charge in [0.05, 0.1) is 17.9 Å². The molecule has 0 unspecified atom stereocenters. The van der Waals surface area contributed by atoms with Crippen molar-refractivity contribution in [3.63, 3.8) is 0 Å². The number of rotatable bonds is 9. The quantitative estimate of drug-likeness (QED) is 0.192. The molecule has 2 N–H and O–H groups in total. The number of carbonyl (C=O) groups is 4. The van der Waals surface area contributed by atoms with Gasteiger partial charge in [-0.15, -0.1) is 0 Å². The maximum Gasteiger partial charge on any atom is 0.338 e. The molecule has 1 aliphatic rings. The van der Waals surface area contributed by atoms with Crippen molar-refractivity contribution in [3.8, 4) is 0 Å². The van der Waals surface area contributed by atoms with Crippen LogP contribution in [0.5, 0.6) is 0 Å². The number of amides is 3. The van der Waals surface area contributed by atoms with Gasteiger partial charge < -0.3 is 15.4 Å². The number of carbonyl (C=O) groups excluding carboxylic acids is 4. The van der Waals surface area contributed by atoms with Crippen LogP contribution in [0.2, 0.25) is 5.02 Å². The molecule has 1 aliphatic heterocycles. The zero-order valence-electron chi connectivity index (χ0n) is 20.3. The summed E-state index contributed by atoms with van der Waals surface area (Å²) in [7, 11) is 0. The fourth-order valence-electron chi connectivity index (χ4n) is 3.61.